The number of oxazole rings is 1. The highest BCUT2D eigenvalue weighted by Crippen LogP contribution is 2.22. The number of nitrogens with one attached hydrogen (secondary N) is 1. The molecule has 6 nitrogen and oxygen atoms in total. The van der Waals surface area contributed by atoms with Crippen molar-refractivity contribution in [2.24, 2.45) is 0 Å². The molecule has 0 aliphatic rings. The summed E-state index contributed by atoms with van der Waals surface area (Å²) in [6.45, 7) is 3.76. The van der Waals surface area contributed by atoms with Crippen molar-refractivity contribution in [2.75, 3.05) is 0 Å². The van der Waals surface area contributed by atoms with Crippen LogP contribution < -0.4 is 5.32 Å². The SMILES string of the molecule is CCC(CC)(CC(=O)O)NC(=O)CCc1ncc(-c2ccccc2)o1. The molecular formula is C19H24N2O4. The topological polar surface area (TPSA) is 92.4 Å². The fourth-order valence-corrected chi connectivity index (χ4v) is 2.75. The van der Waals surface area contributed by atoms with Gasteiger partial charge in [0, 0.05) is 23.9 Å². The van der Waals surface area contributed by atoms with E-state index in [9.17, 15) is 9.59 Å². The van der Waals surface area contributed by atoms with Crippen molar-refractivity contribution in [1.29, 1.82) is 0 Å². The maximum Gasteiger partial charge on any atom is 0.305 e. The second kappa shape index (κ2) is 8.46. The third-order valence-corrected chi connectivity index (χ3v) is 4.43. The van der Waals surface area contributed by atoms with E-state index in [0.717, 1.165) is 5.56 Å². The van der Waals surface area contributed by atoms with E-state index in [0.29, 0.717) is 30.9 Å². The van der Waals surface area contributed by atoms with Gasteiger partial charge in [-0.25, -0.2) is 4.98 Å². The molecule has 6 heteroatoms. The molecule has 1 aromatic heterocycles. The first-order chi connectivity index (χ1) is 12.0. The zero-order valence-electron chi connectivity index (χ0n) is 14.6. The van der Waals surface area contributed by atoms with Crippen LogP contribution in [0.5, 0.6) is 0 Å². The van der Waals surface area contributed by atoms with Crippen molar-refractivity contribution in [3.05, 3.63) is 42.4 Å². The fraction of sp³-hybridized carbons (Fsp3) is 0.421. The van der Waals surface area contributed by atoms with Crippen LogP contribution in [0.1, 0.15) is 45.4 Å². The highest BCUT2D eigenvalue weighted by atomic mass is 16.4. The number of carbonyl (C=O) groups is 2. The molecule has 1 amide bonds. The van der Waals surface area contributed by atoms with Crippen LogP contribution >= 0.6 is 0 Å². The number of amides is 1. The Balaban J connectivity index is 1.93. The molecule has 134 valence electrons. The molecule has 0 unspecified atom stereocenters. The van der Waals surface area contributed by atoms with Gasteiger partial charge in [0.05, 0.1) is 12.6 Å². The van der Waals surface area contributed by atoms with Gasteiger partial charge in [-0.05, 0) is 12.8 Å². The van der Waals surface area contributed by atoms with Crippen LogP contribution in [0.15, 0.2) is 40.9 Å². The van der Waals surface area contributed by atoms with Crippen molar-refractivity contribution < 1.29 is 19.1 Å². The second-order valence-electron chi connectivity index (χ2n) is 6.09. The maximum atomic E-state index is 12.2. The van der Waals surface area contributed by atoms with Crippen molar-refractivity contribution in [2.45, 2.75) is 51.5 Å². The van der Waals surface area contributed by atoms with Crippen molar-refractivity contribution in [1.82, 2.24) is 10.3 Å². The summed E-state index contributed by atoms with van der Waals surface area (Å²) < 4.78 is 5.68. The Kier molecular flexibility index (Phi) is 6.33. The predicted octanol–water partition coefficient (Wildman–Crippen LogP) is 3.42. The average Bonchev–Trinajstić information content (AvgIpc) is 3.09. The van der Waals surface area contributed by atoms with Crippen LogP contribution in [0, 0.1) is 0 Å². The Labute approximate surface area is 147 Å². The summed E-state index contributed by atoms with van der Waals surface area (Å²) in [5.74, 6) is 0.0535. The van der Waals surface area contributed by atoms with Gasteiger partial charge in [0.15, 0.2) is 11.7 Å². The zero-order valence-corrected chi connectivity index (χ0v) is 14.6. The number of carbonyl (C=O) groups excluding carboxylic acids is 1. The van der Waals surface area contributed by atoms with Gasteiger partial charge in [-0.2, -0.15) is 0 Å². The first kappa shape index (κ1) is 18.7. The largest absolute Gasteiger partial charge is 0.481 e. The number of hydrogen-bond acceptors (Lipinski definition) is 4. The lowest BCUT2D eigenvalue weighted by molar-refractivity contribution is -0.139. The summed E-state index contributed by atoms with van der Waals surface area (Å²) in [5, 5.41) is 11.9. The number of carboxylic acid groups (broad SMARTS) is 1. The van der Waals surface area contributed by atoms with Gasteiger partial charge in [-0.3, -0.25) is 9.59 Å². The molecule has 2 N–H and O–H groups in total. The second-order valence-corrected chi connectivity index (χ2v) is 6.09. The number of carboxylic acids is 1. The van der Waals surface area contributed by atoms with Gasteiger partial charge in [-0.1, -0.05) is 44.2 Å². The molecule has 2 rings (SSSR count). The lowest BCUT2D eigenvalue weighted by Gasteiger charge is -2.31. The summed E-state index contributed by atoms with van der Waals surface area (Å²) >= 11 is 0. The minimum atomic E-state index is -0.913. The summed E-state index contributed by atoms with van der Waals surface area (Å²) in [7, 11) is 0. The molecule has 0 atom stereocenters. The average molecular weight is 344 g/mol. The Bertz CT molecular complexity index is 705. The first-order valence-corrected chi connectivity index (χ1v) is 8.51. The smallest absolute Gasteiger partial charge is 0.305 e. The Morgan fingerprint density at radius 2 is 1.88 bits per heavy atom. The van der Waals surface area contributed by atoms with Crippen LogP contribution in [-0.2, 0) is 16.0 Å². The molecular weight excluding hydrogens is 320 g/mol. The lowest BCUT2D eigenvalue weighted by Crippen LogP contribution is -2.49. The van der Waals surface area contributed by atoms with Gasteiger partial charge >= 0.3 is 5.97 Å². The number of rotatable bonds is 9. The van der Waals surface area contributed by atoms with Gasteiger partial charge in [0.1, 0.15) is 0 Å². The molecule has 0 saturated carbocycles. The van der Waals surface area contributed by atoms with Crippen LogP contribution in [0.4, 0.5) is 0 Å². The predicted molar refractivity (Wildman–Crippen MR) is 94.0 cm³/mol. The van der Waals surface area contributed by atoms with Crippen LogP contribution in [-0.4, -0.2) is 27.5 Å². The number of benzene rings is 1. The molecule has 0 aliphatic carbocycles. The van der Waals surface area contributed by atoms with Gasteiger partial charge < -0.3 is 14.8 Å². The van der Waals surface area contributed by atoms with Gasteiger partial charge in [0.2, 0.25) is 5.91 Å². The Morgan fingerprint density at radius 1 is 1.20 bits per heavy atom. The fourth-order valence-electron chi connectivity index (χ4n) is 2.75. The normalized spacial score (nSPS) is 11.3. The minimum absolute atomic E-state index is 0.0805. The molecule has 0 radical (unpaired) electrons. The highest BCUT2D eigenvalue weighted by Gasteiger charge is 2.30. The van der Waals surface area contributed by atoms with Crippen LogP contribution in [0.25, 0.3) is 11.3 Å². The monoisotopic (exact) mass is 344 g/mol. The molecule has 0 saturated heterocycles. The quantitative estimate of drug-likeness (QED) is 0.727. The first-order valence-electron chi connectivity index (χ1n) is 8.51. The lowest BCUT2D eigenvalue weighted by atomic mass is 9.88. The van der Waals surface area contributed by atoms with Gasteiger partial charge in [0.25, 0.3) is 0 Å². The number of aliphatic carboxylic acids is 1. The molecule has 1 aromatic carbocycles. The van der Waals surface area contributed by atoms with Crippen molar-refractivity contribution in [3.63, 3.8) is 0 Å². The van der Waals surface area contributed by atoms with E-state index in [2.05, 4.69) is 10.3 Å². The Morgan fingerprint density at radius 3 is 2.48 bits per heavy atom. The standard InChI is InChI=1S/C19H24N2O4/c1-3-19(4-2,12-18(23)24)21-16(22)10-11-17-20-13-15(25-17)14-8-6-5-7-9-14/h5-9,13H,3-4,10-12H2,1-2H3,(H,21,22)(H,23,24). The summed E-state index contributed by atoms with van der Waals surface area (Å²) in [5.41, 5.74) is 0.234. The van der Waals surface area contributed by atoms with E-state index < -0.39 is 11.5 Å². The number of hydrogen-bond donors (Lipinski definition) is 2. The summed E-state index contributed by atoms with van der Waals surface area (Å²) in [6, 6.07) is 9.63. The van der Waals surface area contributed by atoms with Crippen molar-refractivity contribution >= 4 is 11.9 Å². The summed E-state index contributed by atoms with van der Waals surface area (Å²) in [6.07, 6.45) is 3.28. The van der Waals surface area contributed by atoms with Crippen molar-refractivity contribution in [3.8, 4) is 11.3 Å². The minimum Gasteiger partial charge on any atom is -0.481 e. The maximum absolute atomic E-state index is 12.2. The van der Waals surface area contributed by atoms with E-state index in [-0.39, 0.29) is 18.7 Å². The zero-order chi connectivity index (χ0) is 18.3. The van der Waals surface area contributed by atoms with Crippen LogP contribution in [0.3, 0.4) is 0 Å². The number of nitrogens with zero attached hydrogens (tertiary/aromatic N) is 1. The third kappa shape index (κ3) is 5.17. The molecule has 1 heterocycles. The van der Waals surface area contributed by atoms with E-state index in [4.69, 9.17) is 9.52 Å². The summed E-state index contributed by atoms with van der Waals surface area (Å²) in [4.78, 5) is 27.5. The molecule has 0 fully saturated rings. The van der Waals surface area contributed by atoms with Gasteiger partial charge in [-0.15, -0.1) is 0 Å². The molecule has 0 spiro atoms. The van der Waals surface area contributed by atoms with E-state index in [1.54, 1.807) is 6.20 Å². The van der Waals surface area contributed by atoms with E-state index in [1.807, 2.05) is 44.2 Å². The number of aryl methyl sites for hydroxylation is 1. The third-order valence-electron chi connectivity index (χ3n) is 4.43. The molecule has 2 aromatic rings. The molecule has 25 heavy (non-hydrogen) atoms. The van der Waals surface area contributed by atoms with E-state index >= 15 is 0 Å². The number of aromatic nitrogens is 1. The molecule has 0 aliphatic heterocycles. The Hall–Kier alpha value is -2.63. The molecule has 0 bridgehead atoms. The highest BCUT2D eigenvalue weighted by molar-refractivity contribution is 5.78. The van der Waals surface area contributed by atoms with E-state index in [1.165, 1.54) is 0 Å². The van der Waals surface area contributed by atoms with Crippen LogP contribution in [0.2, 0.25) is 0 Å².